The highest BCUT2D eigenvalue weighted by Gasteiger charge is 2.19. The number of fused-ring (bicyclic) bond motifs is 1. The van der Waals surface area contributed by atoms with Gasteiger partial charge in [0.05, 0.1) is 0 Å². The molecule has 16 N–H and O–H groups in total. The fraction of sp³-hybridized carbons (Fsp3) is 0.500. The van der Waals surface area contributed by atoms with Crippen molar-refractivity contribution < 1.29 is 49.5 Å². The Hall–Kier alpha value is -4.09. The van der Waals surface area contributed by atoms with E-state index in [0.29, 0.717) is 19.4 Å². The van der Waals surface area contributed by atoms with Crippen LogP contribution in [-0.4, -0.2) is 90.6 Å². The maximum absolute atomic E-state index is 10.6. The van der Waals surface area contributed by atoms with Gasteiger partial charge in [0, 0.05) is 29.9 Å². The second-order valence-corrected chi connectivity index (χ2v) is 9.64. The van der Waals surface area contributed by atoms with Crippen LogP contribution in [0.2, 0.25) is 0 Å². The van der Waals surface area contributed by atoms with Crippen LogP contribution in [0.25, 0.3) is 10.9 Å². The number of carbonyl (C=O) groups is 5. The molecule has 1 aromatic heterocycles. The van der Waals surface area contributed by atoms with Gasteiger partial charge in [-0.05, 0) is 51.3 Å². The van der Waals surface area contributed by atoms with E-state index in [1.165, 1.54) is 13.8 Å². The first-order valence-electron chi connectivity index (χ1n) is 12.8. The van der Waals surface area contributed by atoms with E-state index in [4.69, 9.17) is 54.2 Å². The van der Waals surface area contributed by atoms with Crippen LogP contribution < -0.4 is 28.7 Å². The number of carboxylic acid groups (broad SMARTS) is 5. The lowest BCUT2D eigenvalue weighted by molar-refractivity contribution is -0.142. The average molecular weight is 601 g/mol. The lowest BCUT2D eigenvalue weighted by Gasteiger charge is -2.09. The first-order valence-corrected chi connectivity index (χ1v) is 12.8. The van der Waals surface area contributed by atoms with Crippen LogP contribution in [0.1, 0.15) is 51.5 Å². The quantitative estimate of drug-likeness (QED) is 0.132. The number of benzene rings is 1. The number of aromatic nitrogens is 1. The number of para-hydroxylation sites is 1. The minimum Gasteiger partial charge on any atom is -0.481 e. The molecule has 2 rings (SSSR count). The van der Waals surface area contributed by atoms with Crippen LogP contribution in [0.4, 0.5) is 0 Å². The van der Waals surface area contributed by atoms with E-state index in [2.05, 4.69) is 4.98 Å². The Bertz CT molecular complexity index is 1130. The smallest absolute Gasteiger partial charge is 0.323 e. The van der Waals surface area contributed by atoms with E-state index < -0.39 is 53.5 Å². The molecule has 0 aliphatic rings. The molecule has 1 heterocycles. The van der Waals surface area contributed by atoms with Gasteiger partial charge in [-0.3, -0.25) is 24.0 Å². The summed E-state index contributed by atoms with van der Waals surface area (Å²) >= 11 is 0. The summed E-state index contributed by atoms with van der Waals surface area (Å²) in [5.41, 5.74) is 26.9. The fourth-order valence-corrected chi connectivity index (χ4v) is 2.66. The maximum atomic E-state index is 10.6. The number of aliphatic carboxylic acids is 5. The SMILES string of the molecule is CC(C)(N)C(=O)O.NC(CCC(=O)O)C(=O)O.NC(Cc1c[nH]c2ccccc12)C(=O)O.NCCCCC(N)C(=O)O. The first-order chi connectivity index (χ1) is 19.3. The Morgan fingerprint density at radius 1 is 0.810 bits per heavy atom. The molecule has 1 aromatic carbocycles. The summed E-state index contributed by atoms with van der Waals surface area (Å²) in [6.07, 6.45) is 4.10. The number of nitrogens with one attached hydrogen (secondary N) is 1. The largest absolute Gasteiger partial charge is 0.481 e. The topological polar surface area (TPSA) is 332 Å². The average Bonchev–Trinajstić information content (AvgIpc) is 3.30. The lowest BCUT2D eigenvalue weighted by atomic mass is 10.1. The molecule has 0 spiro atoms. The van der Waals surface area contributed by atoms with Gasteiger partial charge >= 0.3 is 29.8 Å². The molecule has 0 fully saturated rings. The van der Waals surface area contributed by atoms with Crippen molar-refractivity contribution in [1.29, 1.82) is 0 Å². The Balaban J connectivity index is 0. The molecule has 16 heteroatoms. The van der Waals surface area contributed by atoms with Crippen LogP contribution in [0.3, 0.4) is 0 Å². The number of unbranched alkanes of at least 4 members (excludes halogenated alkanes) is 1. The van der Waals surface area contributed by atoms with Crippen molar-refractivity contribution in [3.8, 4) is 0 Å². The molecule has 2 aromatic rings. The number of carboxylic acids is 5. The molecule has 0 aliphatic carbocycles. The number of hydrogen-bond acceptors (Lipinski definition) is 10. The number of H-pyrrole nitrogens is 1. The fourth-order valence-electron chi connectivity index (χ4n) is 2.66. The second-order valence-electron chi connectivity index (χ2n) is 9.64. The van der Waals surface area contributed by atoms with Crippen molar-refractivity contribution in [2.75, 3.05) is 6.54 Å². The number of rotatable bonds is 13. The zero-order chi connectivity index (χ0) is 33.0. The molecule has 0 saturated heterocycles. The Morgan fingerprint density at radius 2 is 1.29 bits per heavy atom. The van der Waals surface area contributed by atoms with Gasteiger partial charge in [-0.25, -0.2) is 0 Å². The van der Waals surface area contributed by atoms with Crippen LogP contribution in [-0.2, 0) is 30.4 Å². The standard InChI is InChI=1S/C11H12N2O2.C6H14N2O2.C5H9NO4.C4H9NO2/c12-9(11(14)15)5-7-6-13-10-4-2-1-3-8(7)10;7-4-2-1-3-5(8)6(9)10;6-3(5(9)10)1-2-4(7)8;1-4(2,5)3(6)7/h1-4,6,9,13H,5,12H2,(H,14,15);5H,1-4,7-8H2,(H,9,10);3H,1-2,6H2,(H,7,8)(H,9,10);5H2,1-2H3,(H,6,7). The summed E-state index contributed by atoms with van der Waals surface area (Å²) in [5, 5.41) is 42.5. The molecular formula is C26H44N6O10. The predicted octanol–water partition coefficient (Wildman–Crippen LogP) is -0.279. The molecule has 16 nitrogen and oxygen atoms in total. The summed E-state index contributed by atoms with van der Waals surface area (Å²) in [4.78, 5) is 53.6. The Kier molecular flexibility index (Phi) is 19.8. The summed E-state index contributed by atoms with van der Waals surface area (Å²) in [5.74, 6) is -5.08. The van der Waals surface area contributed by atoms with Crippen molar-refractivity contribution in [1.82, 2.24) is 4.98 Å². The van der Waals surface area contributed by atoms with E-state index in [9.17, 15) is 24.0 Å². The van der Waals surface area contributed by atoms with Crippen LogP contribution in [0.15, 0.2) is 30.5 Å². The lowest BCUT2D eigenvalue weighted by Crippen LogP contribution is -2.41. The Labute approximate surface area is 242 Å². The van der Waals surface area contributed by atoms with Crippen LogP contribution in [0.5, 0.6) is 0 Å². The molecule has 0 amide bonds. The van der Waals surface area contributed by atoms with Gasteiger partial charge in [-0.1, -0.05) is 24.6 Å². The van der Waals surface area contributed by atoms with Crippen molar-refractivity contribution >= 4 is 40.7 Å². The summed E-state index contributed by atoms with van der Waals surface area (Å²) in [7, 11) is 0. The van der Waals surface area contributed by atoms with E-state index in [1.807, 2.05) is 30.5 Å². The van der Waals surface area contributed by atoms with Crippen molar-refractivity contribution in [3.05, 3.63) is 36.0 Å². The third-order valence-electron chi connectivity index (χ3n) is 5.26. The highest BCUT2D eigenvalue weighted by Crippen LogP contribution is 2.18. The molecule has 0 saturated carbocycles. The molecule has 238 valence electrons. The highest BCUT2D eigenvalue weighted by atomic mass is 16.4. The molecular weight excluding hydrogens is 556 g/mol. The monoisotopic (exact) mass is 600 g/mol. The van der Waals surface area contributed by atoms with Crippen molar-refractivity contribution in [3.63, 3.8) is 0 Å². The van der Waals surface area contributed by atoms with Crippen LogP contribution >= 0.6 is 0 Å². The molecule has 42 heavy (non-hydrogen) atoms. The molecule has 0 aliphatic heterocycles. The van der Waals surface area contributed by atoms with Gasteiger partial charge in [0.15, 0.2) is 0 Å². The molecule has 0 bridgehead atoms. The van der Waals surface area contributed by atoms with Gasteiger partial charge in [-0.15, -0.1) is 0 Å². The van der Waals surface area contributed by atoms with Crippen molar-refractivity contribution in [2.24, 2.45) is 28.7 Å². The van der Waals surface area contributed by atoms with Crippen molar-refractivity contribution in [2.45, 2.75) is 76.0 Å². The second kappa shape index (κ2) is 20.7. The van der Waals surface area contributed by atoms with Gasteiger partial charge in [0.2, 0.25) is 0 Å². The third kappa shape index (κ3) is 19.1. The number of aromatic amines is 1. The number of hydrogen-bond donors (Lipinski definition) is 11. The minimum absolute atomic E-state index is 0.0231. The normalized spacial score (nSPS) is 12.5. The third-order valence-corrected chi connectivity index (χ3v) is 5.26. The summed E-state index contributed by atoms with van der Waals surface area (Å²) in [6.45, 7) is 3.48. The number of nitrogens with two attached hydrogens (primary N) is 5. The Morgan fingerprint density at radius 3 is 1.71 bits per heavy atom. The van der Waals surface area contributed by atoms with E-state index in [1.54, 1.807) is 0 Å². The van der Waals surface area contributed by atoms with E-state index in [-0.39, 0.29) is 12.8 Å². The van der Waals surface area contributed by atoms with Gasteiger partial charge in [0.25, 0.3) is 0 Å². The molecule has 3 atom stereocenters. The van der Waals surface area contributed by atoms with Gasteiger partial charge in [0.1, 0.15) is 23.7 Å². The molecule has 3 unspecified atom stereocenters. The molecule has 0 radical (unpaired) electrons. The van der Waals surface area contributed by atoms with Gasteiger partial charge in [-0.2, -0.15) is 0 Å². The zero-order valence-electron chi connectivity index (χ0n) is 23.7. The minimum atomic E-state index is -1.17. The van der Waals surface area contributed by atoms with E-state index >= 15 is 0 Å². The highest BCUT2D eigenvalue weighted by molar-refractivity contribution is 5.84. The first kappa shape index (κ1) is 40.1. The van der Waals surface area contributed by atoms with Gasteiger partial charge < -0.3 is 59.2 Å². The summed E-state index contributed by atoms with van der Waals surface area (Å²) in [6, 6.07) is 5.14. The zero-order valence-corrected chi connectivity index (χ0v) is 23.7. The van der Waals surface area contributed by atoms with Crippen LogP contribution in [0, 0.1) is 0 Å². The predicted molar refractivity (Wildman–Crippen MR) is 155 cm³/mol. The van der Waals surface area contributed by atoms with E-state index in [0.717, 1.165) is 29.3 Å². The maximum Gasteiger partial charge on any atom is 0.323 e. The summed E-state index contributed by atoms with van der Waals surface area (Å²) < 4.78 is 0.